The minimum atomic E-state index is -0.312. The third-order valence-corrected chi connectivity index (χ3v) is 11.6. The monoisotopic (exact) mass is 673 g/mol. The van der Waals surface area contributed by atoms with E-state index >= 15 is 4.39 Å². The van der Waals surface area contributed by atoms with Gasteiger partial charge in [0, 0.05) is 74.6 Å². The van der Waals surface area contributed by atoms with Crippen LogP contribution < -0.4 is 19.9 Å². The standard InChI is InChI=1S/C37H48FN7O4/c1-4-28-30(38)9-6-23-16-27(46)17-32(33(23)28)43-15-11-29-31(20-43)40-35(41-34(29)44-18-24-7-8-25(19-44)39-24)49-22-37-12-5-14-45(37)26(10-13-37)21-48-36(47)42(2)3/h6,9,16-17,24-26,39,46H,4-5,7-8,10-15,18-22H2,1-3H3/t24-,25+,26-,37-/m1/s1. The van der Waals surface area contributed by atoms with Crippen LogP contribution in [0.4, 0.5) is 20.7 Å². The molecule has 4 saturated heterocycles. The summed E-state index contributed by atoms with van der Waals surface area (Å²) in [7, 11) is 3.41. The Labute approximate surface area is 287 Å². The lowest BCUT2D eigenvalue weighted by Gasteiger charge is -2.38. The molecule has 0 radical (unpaired) electrons. The highest BCUT2D eigenvalue weighted by molar-refractivity contribution is 5.98. The number of nitrogens with one attached hydrogen (secondary N) is 1. The fourth-order valence-corrected chi connectivity index (χ4v) is 9.25. The Kier molecular flexibility index (Phi) is 8.42. The van der Waals surface area contributed by atoms with E-state index in [1.54, 1.807) is 32.3 Å². The summed E-state index contributed by atoms with van der Waals surface area (Å²) in [6.07, 6.45) is 7.37. The average molecular weight is 674 g/mol. The van der Waals surface area contributed by atoms with Gasteiger partial charge in [-0.1, -0.05) is 13.0 Å². The maximum absolute atomic E-state index is 15.1. The van der Waals surface area contributed by atoms with Gasteiger partial charge in [-0.05, 0) is 81.0 Å². The molecule has 49 heavy (non-hydrogen) atoms. The number of hydrogen-bond acceptors (Lipinski definition) is 10. The summed E-state index contributed by atoms with van der Waals surface area (Å²) < 4.78 is 27.3. The zero-order valence-electron chi connectivity index (χ0n) is 28.9. The zero-order chi connectivity index (χ0) is 33.9. The number of ether oxygens (including phenoxy) is 2. The van der Waals surface area contributed by atoms with Crippen LogP contribution in [-0.4, -0.2) is 108 Å². The van der Waals surface area contributed by atoms with Crippen molar-refractivity contribution in [2.75, 3.05) is 63.3 Å². The first-order chi connectivity index (χ1) is 23.7. The molecule has 6 heterocycles. The van der Waals surface area contributed by atoms with Gasteiger partial charge in [-0.25, -0.2) is 9.18 Å². The van der Waals surface area contributed by atoms with Gasteiger partial charge in [-0.2, -0.15) is 9.97 Å². The van der Waals surface area contributed by atoms with Crippen LogP contribution in [0.5, 0.6) is 11.8 Å². The van der Waals surface area contributed by atoms with Gasteiger partial charge in [-0.15, -0.1) is 0 Å². The van der Waals surface area contributed by atoms with Crippen molar-refractivity contribution in [2.24, 2.45) is 0 Å². The van der Waals surface area contributed by atoms with E-state index in [0.29, 0.717) is 56.4 Å². The van der Waals surface area contributed by atoms with Gasteiger partial charge in [0.15, 0.2) is 0 Å². The average Bonchev–Trinajstić information content (AvgIpc) is 3.77. The molecule has 1 aromatic heterocycles. The van der Waals surface area contributed by atoms with Crippen LogP contribution in [0.2, 0.25) is 0 Å². The molecule has 11 nitrogen and oxygen atoms in total. The third kappa shape index (κ3) is 5.90. The number of carbonyl (C=O) groups is 1. The Balaban J connectivity index is 1.10. The van der Waals surface area contributed by atoms with Gasteiger partial charge in [0.1, 0.15) is 30.6 Å². The third-order valence-electron chi connectivity index (χ3n) is 11.6. The van der Waals surface area contributed by atoms with E-state index in [1.807, 2.05) is 6.92 Å². The van der Waals surface area contributed by atoms with Gasteiger partial charge in [-0.3, -0.25) is 4.90 Å². The smallest absolute Gasteiger partial charge is 0.409 e. The van der Waals surface area contributed by atoms with Crippen LogP contribution >= 0.6 is 0 Å². The Bertz CT molecular complexity index is 1740. The first kappa shape index (κ1) is 32.3. The summed E-state index contributed by atoms with van der Waals surface area (Å²) in [5.74, 6) is 0.912. The van der Waals surface area contributed by atoms with Crippen molar-refractivity contribution in [1.29, 1.82) is 0 Å². The summed E-state index contributed by atoms with van der Waals surface area (Å²) in [4.78, 5) is 31.0. The van der Waals surface area contributed by atoms with Gasteiger partial charge in [0.05, 0.1) is 17.8 Å². The van der Waals surface area contributed by atoms with Crippen molar-refractivity contribution < 1.29 is 23.8 Å². The number of aromatic hydroxyl groups is 1. The second-order valence-corrected chi connectivity index (χ2v) is 14.9. The van der Waals surface area contributed by atoms with Crippen LogP contribution in [0.1, 0.15) is 62.3 Å². The molecule has 2 N–H and O–H groups in total. The molecular weight excluding hydrogens is 625 g/mol. The van der Waals surface area contributed by atoms with E-state index in [4.69, 9.17) is 19.4 Å². The first-order valence-electron chi connectivity index (χ1n) is 18.0. The molecule has 5 aliphatic heterocycles. The normalized spacial score (nSPS) is 26.2. The van der Waals surface area contributed by atoms with E-state index in [9.17, 15) is 9.90 Å². The van der Waals surface area contributed by atoms with Crippen LogP contribution in [-0.2, 0) is 24.1 Å². The number of anilines is 2. The summed E-state index contributed by atoms with van der Waals surface area (Å²) >= 11 is 0. The molecule has 4 atom stereocenters. The molecule has 0 saturated carbocycles. The number of carbonyl (C=O) groups excluding carboxylic acids is 1. The van der Waals surface area contributed by atoms with E-state index in [1.165, 1.54) is 23.8 Å². The number of aryl methyl sites for hydroxylation is 1. The zero-order valence-corrected chi connectivity index (χ0v) is 28.9. The highest BCUT2D eigenvalue weighted by atomic mass is 19.1. The van der Waals surface area contributed by atoms with Gasteiger partial charge < -0.3 is 34.6 Å². The fourth-order valence-electron chi connectivity index (χ4n) is 9.25. The molecule has 0 aliphatic carbocycles. The van der Waals surface area contributed by atoms with Crippen molar-refractivity contribution in [3.8, 4) is 11.8 Å². The van der Waals surface area contributed by atoms with Crippen LogP contribution in [0, 0.1) is 5.82 Å². The number of nitrogens with zero attached hydrogens (tertiary/aromatic N) is 6. The van der Waals surface area contributed by atoms with E-state index in [-0.39, 0.29) is 29.2 Å². The van der Waals surface area contributed by atoms with Gasteiger partial charge in [0.25, 0.3) is 0 Å². The van der Waals surface area contributed by atoms with Crippen LogP contribution in [0.3, 0.4) is 0 Å². The highest BCUT2D eigenvalue weighted by Gasteiger charge is 2.50. The van der Waals surface area contributed by atoms with Crippen molar-refractivity contribution in [2.45, 2.75) is 88.5 Å². The molecule has 5 aliphatic rings. The van der Waals surface area contributed by atoms with Crippen LogP contribution in [0.25, 0.3) is 10.8 Å². The molecule has 0 unspecified atom stereocenters. The lowest BCUT2D eigenvalue weighted by Crippen LogP contribution is -2.52. The first-order valence-corrected chi connectivity index (χ1v) is 18.0. The maximum Gasteiger partial charge on any atom is 0.409 e. The molecule has 1 amide bonds. The van der Waals surface area contributed by atoms with Crippen LogP contribution in [0.15, 0.2) is 24.3 Å². The van der Waals surface area contributed by atoms with E-state index < -0.39 is 0 Å². The molecule has 262 valence electrons. The molecule has 8 rings (SSSR count). The fraction of sp³-hybridized carbons (Fsp3) is 0.595. The summed E-state index contributed by atoms with van der Waals surface area (Å²) in [6, 6.07) is 8.21. The number of aromatic nitrogens is 2. The Morgan fingerprint density at radius 2 is 1.92 bits per heavy atom. The minimum absolute atomic E-state index is 0.129. The number of piperazine rings is 1. The van der Waals surface area contributed by atoms with Gasteiger partial charge >= 0.3 is 12.1 Å². The van der Waals surface area contributed by atoms with Crippen molar-refractivity contribution >= 4 is 28.4 Å². The molecule has 0 spiro atoms. The second kappa shape index (κ2) is 12.8. The van der Waals surface area contributed by atoms with E-state index in [2.05, 4.69) is 20.0 Å². The maximum atomic E-state index is 15.1. The lowest BCUT2D eigenvalue weighted by molar-refractivity contribution is 0.0483. The minimum Gasteiger partial charge on any atom is -0.508 e. The largest absolute Gasteiger partial charge is 0.508 e. The SMILES string of the molecule is CCc1c(F)ccc2cc(O)cc(N3CCc4c(nc(OC[C@]56CCCN5[C@@H](COC(=O)N(C)C)CC6)nc4N4C[C@H]5CC[C@@H](C4)N5)C3)c12. The highest BCUT2D eigenvalue weighted by Crippen LogP contribution is 2.44. The summed E-state index contributed by atoms with van der Waals surface area (Å²) in [5.41, 5.74) is 3.43. The topological polar surface area (TPSA) is 107 Å². The predicted octanol–water partition coefficient (Wildman–Crippen LogP) is 4.61. The Hall–Kier alpha value is -3.90. The number of hydrogen-bond donors (Lipinski definition) is 2. The molecule has 12 heteroatoms. The number of phenolic OH excluding ortho intramolecular Hbond substituents is 1. The Morgan fingerprint density at radius 3 is 2.69 bits per heavy atom. The van der Waals surface area contributed by atoms with Crippen molar-refractivity contribution in [3.05, 3.63) is 46.9 Å². The number of benzene rings is 2. The summed E-state index contributed by atoms with van der Waals surface area (Å²) in [5, 5.41) is 16.1. The molecule has 4 fully saturated rings. The number of fused-ring (bicyclic) bond motifs is 5. The van der Waals surface area contributed by atoms with Crippen molar-refractivity contribution in [1.82, 2.24) is 25.1 Å². The molecule has 2 bridgehead atoms. The molecule has 3 aromatic rings. The number of halogens is 1. The van der Waals surface area contributed by atoms with Gasteiger partial charge in [0.2, 0.25) is 0 Å². The predicted molar refractivity (Wildman–Crippen MR) is 186 cm³/mol. The van der Waals surface area contributed by atoms with Crippen molar-refractivity contribution in [3.63, 3.8) is 0 Å². The number of phenols is 1. The Morgan fingerprint density at radius 1 is 1.10 bits per heavy atom. The quantitative estimate of drug-likeness (QED) is 0.352. The number of amides is 1. The van der Waals surface area contributed by atoms with E-state index in [0.717, 1.165) is 85.3 Å². The summed E-state index contributed by atoms with van der Waals surface area (Å²) in [6.45, 7) is 6.82. The lowest BCUT2D eigenvalue weighted by atomic mass is 9.95. The molecular formula is C37H48FN7O4. The number of rotatable bonds is 8. The molecule has 2 aromatic carbocycles. The second-order valence-electron chi connectivity index (χ2n) is 14.9.